The van der Waals surface area contributed by atoms with E-state index in [4.69, 9.17) is 11.6 Å². The third-order valence-corrected chi connectivity index (χ3v) is 8.06. The van der Waals surface area contributed by atoms with Crippen LogP contribution in [0.5, 0.6) is 0 Å². The Balaban J connectivity index is 1.54. The normalized spacial score (nSPS) is 19.2. The monoisotopic (exact) mass is 560 g/mol. The van der Waals surface area contributed by atoms with Crippen molar-refractivity contribution in [2.75, 3.05) is 11.1 Å². The number of hydrogen-bond acceptors (Lipinski definition) is 5. The molecular formula is C26H26ClFN4O5S. The summed E-state index contributed by atoms with van der Waals surface area (Å²) in [7, 11) is -3.56. The molecular weight excluding hydrogens is 535 g/mol. The number of nitrogens with zero attached hydrogens (tertiary/aromatic N) is 1. The van der Waals surface area contributed by atoms with E-state index >= 15 is 0 Å². The minimum atomic E-state index is -3.56. The van der Waals surface area contributed by atoms with Gasteiger partial charge in [-0.1, -0.05) is 17.7 Å². The van der Waals surface area contributed by atoms with E-state index in [-0.39, 0.29) is 35.4 Å². The van der Waals surface area contributed by atoms with E-state index in [1.54, 1.807) is 36.4 Å². The Labute approximate surface area is 224 Å². The summed E-state index contributed by atoms with van der Waals surface area (Å²) in [5.74, 6) is -2.95. The van der Waals surface area contributed by atoms with Crippen molar-refractivity contribution in [2.24, 2.45) is 5.92 Å². The van der Waals surface area contributed by atoms with E-state index in [2.05, 4.69) is 15.4 Å². The molecule has 0 aliphatic heterocycles. The Bertz CT molecular complexity index is 1510. The molecule has 0 saturated heterocycles. The Hall–Kier alpha value is -3.54. The smallest absolute Gasteiger partial charge is 0.255 e. The average molecular weight is 561 g/mol. The molecule has 1 unspecified atom stereocenters. The highest BCUT2D eigenvalue weighted by molar-refractivity contribution is 7.89. The summed E-state index contributed by atoms with van der Waals surface area (Å²) in [6.07, 6.45) is 1.77. The number of pyridine rings is 1. The van der Waals surface area contributed by atoms with Crippen molar-refractivity contribution in [3.63, 3.8) is 0 Å². The lowest BCUT2D eigenvalue weighted by atomic mass is 10.0. The van der Waals surface area contributed by atoms with Gasteiger partial charge in [0.15, 0.2) is 0 Å². The van der Waals surface area contributed by atoms with Gasteiger partial charge in [-0.25, -0.2) is 17.5 Å². The van der Waals surface area contributed by atoms with Crippen LogP contribution in [0.15, 0.2) is 71.7 Å². The molecule has 38 heavy (non-hydrogen) atoms. The third-order valence-electron chi connectivity index (χ3n) is 6.35. The van der Waals surface area contributed by atoms with E-state index in [1.807, 2.05) is 0 Å². The molecule has 0 spiro atoms. The quantitative estimate of drug-likeness (QED) is 0.390. The molecule has 3 N–H and O–H groups in total. The Morgan fingerprint density at radius 3 is 2.47 bits per heavy atom. The van der Waals surface area contributed by atoms with Gasteiger partial charge < -0.3 is 10.6 Å². The zero-order valence-corrected chi connectivity index (χ0v) is 21.9. The first kappa shape index (κ1) is 27.5. The Morgan fingerprint density at radius 1 is 1.08 bits per heavy atom. The van der Waals surface area contributed by atoms with Gasteiger partial charge in [0.2, 0.25) is 15.9 Å². The van der Waals surface area contributed by atoms with Crippen LogP contribution >= 0.6 is 11.6 Å². The van der Waals surface area contributed by atoms with Crippen LogP contribution in [0, 0.1) is 11.7 Å². The van der Waals surface area contributed by atoms with Gasteiger partial charge in [-0.05, 0) is 68.3 Å². The molecule has 1 heterocycles. The highest BCUT2D eigenvalue weighted by Gasteiger charge is 2.41. The number of halogens is 2. The predicted octanol–water partition coefficient (Wildman–Crippen LogP) is 3.09. The summed E-state index contributed by atoms with van der Waals surface area (Å²) in [6, 6.07) is 13.4. The van der Waals surface area contributed by atoms with Gasteiger partial charge >= 0.3 is 0 Å². The number of nitrogens with one attached hydrogen (secondary N) is 3. The topological polar surface area (TPSA) is 126 Å². The summed E-state index contributed by atoms with van der Waals surface area (Å²) in [5.41, 5.74) is 0.108. The van der Waals surface area contributed by atoms with Crippen molar-refractivity contribution in [1.82, 2.24) is 14.6 Å². The Morgan fingerprint density at radius 2 is 1.82 bits per heavy atom. The fourth-order valence-electron chi connectivity index (χ4n) is 4.41. The van der Waals surface area contributed by atoms with Gasteiger partial charge in [0.1, 0.15) is 5.82 Å². The maximum atomic E-state index is 15.0. The number of anilines is 1. The summed E-state index contributed by atoms with van der Waals surface area (Å²) in [6.45, 7) is 1.50. The lowest BCUT2D eigenvalue weighted by Crippen LogP contribution is -2.42. The van der Waals surface area contributed by atoms with Crippen molar-refractivity contribution in [3.05, 3.63) is 93.6 Å². The minimum Gasteiger partial charge on any atom is -0.348 e. The largest absolute Gasteiger partial charge is 0.348 e. The van der Waals surface area contributed by atoms with Crippen LogP contribution in [0.1, 0.15) is 30.1 Å². The maximum Gasteiger partial charge on any atom is 0.255 e. The molecule has 3 atom stereocenters. The van der Waals surface area contributed by atoms with E-state index in [0.29, 0.717) is 10.7 Å². The second-order valence-electron chi connectivity index (χ2n) is 8.95. The van der Waals surface area contributed by atoms with Gasteiger partial charge in [-0.2, -0.15) is 0 Å². The van der Waals surface area contributed by atoms with Crippen LogP contribution in [0.3, 0.4) is 0 Å². The number of benzene rings is 2. The first-order chi connectivity index (χ1) is 18.1. The number of carbonyl (C=O) groups is 2. The number of sulfonamides is 1. The van der Waals surface area contributed by atoms with E-state index < -0.39 is 45.7 Å². The summed E-state index contributed by atoms with van der Waals surface area (Å²) in [4.78, 5) is 38.2. The van der Waals surface area contributed by atoms with Gasteiger partial charge in [-0.15, -0.1) is 0 Å². The van der Waals surface area contributed by atoms with Crippen LogP contribution in [0.25, 0.3) is 5.69 Å². The van der Waals surface area contributed by atoms with Crippen LogP contribution in [0.2, 0.25) is 5.02 Å². The standard InChI is InChI=1S/C26H26ClFN4O5S/c1-2-38(36,37)31-18-13-21(26(35)29-17-8-6-16(27)7-9-17)23(14-18)30-25(34)20-11-10-19(15-22(20)28)32-12-4-3-5-24(32)33/h3-12,15,18,21,23,31H,2,13-14H2,1H3,(H,29,35)(H,30,34)/t18?,21-,23-/m0/s1. The van der Waals surface area contributed by atoms with Crippen molar-refractivity contribution in [2.45, 2.75) is 31.8 Å². The first-order valence-corrected chi connectivity index (χ1v) is 13.9. The summed E-state index contributed by atoms with van der Waals surface area (Å²) >= 11 is 5.90. The highest BCUT2D eigenvalue weighted by Crippen LogP contribution is 2.29. The molecule has 9 nitrogen and oxygen atoms in total. The second-order valence-corrected chi connectivity index (χ2v) is 11.4. The zero-order chi connectivity index (χ0) is 27.4. The lowest BCUT2D eigenvalue weighted by molar-refractivity contribution is -0.120. The van der Waals surface area contributed by atoms with Gasteiger partial charge in [0.25, 0.3) is 11.5 Å². The average Bonchev–Trinajstić information content (AvgIpc) is 3.26. The van der Waals surface area contributed by atoms with Crippen molar-refractivity contribution < 1.29 is 22.4 Å². The number of aromatic nitrogens is 1. The molecule has 1 aliphatic carbocycles. The molecule has 0 radical (unpaired) electrons. The lowest BCUT2D eigenvalue weighted by Gasteiger charge is -2.21. The minimum absolute atomic E-state index is 0.135. The fourth-order valence-corrected chi connectivity index (χ4v) is 5.41. The van der Waals surface area contributed by atoms with Crippen LogP contribution in [0.4, 0.5) is 10.1 Å². The summed E-state index contributed by atoms with van der Waals surface area (Å²) < 4.78 is 43.0. The fraction of sp³-hybridized carbons (Fsp3) is 0.269. The van der Waals surface area contributed by atoms with E-state index in [0.717, 1.165) is 6.07 Å². The number of rotatable bonds is 8. The van der Waals surface area contributed by atoms with Crippen molar-refractivity contribution in [1.29, 1.82) is 0 Å². The number of amides is 2. The second kappa shape index (κ2) is 11.5. The molecule has 3 aromatic rings. The van der Waals surface area contributed by atoms with Crippen LogP contribution in [-0.4, -0.2) is 42.6 Å². The third kappa shape index (κ3) is 6.47. The van der Waals surface area contributed by atoms with E-state index in [1.165, 1.54) is 35.9 Å². The molecule has 1 aliphatic rings. The number of hydrogen-bond donors (Lipinski definition) is 3. The first-order valence-electron chi connectivity index (χ1n) is 11.9. The van der Waals surface area contributed by atoms with Gasteiger partial charge in [0.05, 0.1) is 22.9 Å². The van der Waals surface area contributed by atoms with Gasteiger partial charge in [-0.3, -0.25) is 19.0 Å². The molecule has 1 aromatic heterocycles. The van der Waals surface area contributed by atoms with Gasteiger partial charge in [0, 0.05) is 35.1 Å². The predicted molar refractivity (Wildman–Crippen MR) is 142 cm³/mol. The molecule has 2 aromatic carbocycles. The van der Waals surface area contributed by atoms with Crippen LogP contribution in [-0.2, 0) is 14.8 Å². The summed E-state index contributed by atoms with van der Waals surface area (Å²) in [5, 5.41) is 5.96. The van der Waals surface area contributed by atoms with Crippen LogP contribution < -0.4 is 20.9 Å². The van der Waals surface area contributed by atoms with E-state index in [9.17, 15) is 27.2 Å². The zero-order valence-electron chi connectivity index (χ0n) is 20.4. The molecule has 4 rings (SSSR count). The Kier molecular flexibility index (Phi) is 8.29. The highest BCUT2D eigenvalue weighted by atomic mass is 35.5. The molecule has 2 amide bonds. The molecule has 12 heteroatoms. The number of carbonyl (C=O) groups excluding carboxylic acids is 2. The maximum absolute atomic E-state index is 15.0. The van der Waals surface area contributed by atoms with Crippen molar-refractivity contribution >= 4 is 39.1 Å². The molecule has 0 bridgehead atoms. The SMILES string of the molecule is CCS(=O)(=O)NC1C[C@H](NC(=O)c2ccc(-n3ccccc3=O)cc2F)[C@@H](C(=O)Nc2ccc(Cl)cc2)C1. The molecule has 1 saturated carbocycles. The molecule has 200 valence electrons. The molecule has 1 fully saturated rings. The van der Waals surface area contributed by atoms with Crippen molar-refractivity contribution in [3.8, 4) is 5.69 Å².